The summed E-state index contributed by atoms with van der Waals surface area (Å²) in [6.45, 7) is 2.38. The highest BCUT2D eigenvalue weighted by molar-refractivity contribution is 7.21. The van der Waals surface area contributed by atoms with Crippen LogP contribution >= 0.6 is 34.3 Å². The van der Waals surface area contributed by atoms with Crippen molar-refractivity contribution in [2.75, 3.05) is 0 Å². The molecule has 4 aromatic rings. The van der Waals surface area contributed by atoms with Crippen molar-refractivity contribution < 1.29 is 4.79 Å². The number of rotatable bonds is 2. The lowest BCUT2D eigenvalue weighted by molar-refractivity contribution is 0.100. The van der Waals surface area contributed by atoms with E-state index in [2.05, 4.69) is 10.9 Å². The number of hydrogen-bond acceptors (Lipinski definition) is 3. The summed E-state index contributed by atoms with van der Waals surface area (Å²) >= 11 is 9.23. The van der Waals surface area contributed by atoms with Crippen molar-refractivity contribution in [3.63, 3.8) is 0 Å². The number of hydrogen-bond donors (Lipinski definition) is 0. The molecule has 2 heterocycles. The number of amides is 1. The van der Waals surface area contributed by atoms with Gasteiger partial charge in [-0.2, -0.15) is 4.99 Å². The van der Waals surface area contributed by atoms with Crippen LogP contribution in [0.5, 0.6) is 0 Å². The molecule has 4 rings (SSSR count). The third-order valence-electron chi connectivity index (χ3n) is 4.08. The number of nitrogens with zero attached hydrogens (tertiary/aromatic N) is 2. The first-order valence-corrected chi connectivity index (χ1v) is 9.89. The fourth-order valence-electron chi connectivity index (χ4n) is 2.92. The highest BCUT2D eigenvalue weighted by Gasteiger charge is 2.17. The first kappa shape index (κ1) is 17.0. The van der Waals surface area contributed by atoms with E-state index in [0.29, 0.717) is 21.2 Å². The normalized spacial score (nSPS) is 12.0. The maximum absolute atomic E-state index is 12.8. The Balaban J connectivity index is 1.91. The van der Waals surface area contributed by atoms with Gasteiger partial charge in [0, 0.05) is 10.1 Å². The largest absolute Gasteiger partial charge is 0.304 e. The topological polar surface area (TPSA) is 34.4 Å². The second-order valence-corrected chi connectivity index (χ2v) is 8.19. The van der Waals surface area contributed by atoms with E-state index in [9.17, 15) is 4.79 Å². The van der Waals surface area contributed by atoms with Crippen LogP contribution in [0.4, 0.5) is 0 Å². The molecule has 128 valence electrons. The molecule has 0 aliphatic carbocycles. The first-order valence-electron chi connectivity index (χ1n) is 7.88. The number of terminal acetylenes is 1. The molecule has 0 spiro atoms. The third-order valence-corrected chi connectivity index (χ3v) is 6.79. The van der Waals surface area contributed by atoms with E-state index in [0.717, 1.165) is 25.9 Å². The lowest BCUT2D eigenvalue weighted by Crippen LogP contribution is -2.16. The van der Waals surface area contributed by atoms with E-state index in [1.54, 1.807) is 0 Å². The van der Waals surface area contributed by atoms with Gasteiger partial charge in [-0.3, -0.25) is 4.79 Å². The maximum Gasteiger partial charge on any atom is 0.291 e. The molecule has 26 heavy (non-hydrogen) atoms. The van der Waals surface area contributed by atoms with Crippen LogP contribution in [0.1, 0.15) is 15.2 Å². The second kappa shape index (κ2) is 6.73. The Kier molecular flexibility index (Phi) is 4.41. The molecule has 0 radical (unpaired) electrons. The van der Waals surface area contributed by atoms with Crippen LogP contribution in [0.15, 0.2) is 47.5 Å². The molecule has 0 fully saturated rings. The maximum atomic E-state index is 12.8. The average Bonchev–Trinajstić information content (AvgIpc) is 3.15. The third kappa shape index (κ3) is 2.77. The SMILES string of the molecule is C#CCn1c(=NC(=O)c2sc3ccccc3c2Cl)sc2cccc(C)c21. The predicted molar refractivity (Wildman–Crippen MR) is 110 cm³/mol. The summed E-state index contributed by atoms with van der Waals surface area (Å²) < 4.78 is 3.93. The van der Waals surface area contributed by atoms with Crippen molar-refractivity contribution >= 4 is 60.5 Å². The van der Waals surface area contributed by atoms with Crippen LogP contribution < -0.4 is 4.80 Å². The molecule has 0 bridgehead atoms. The number of aryl methyl sites for hydroxylation is 1. The summed E-state index contributed by atoms with van der Waals surface area (Å²) in [5, 5.41) is 1.33. The van der Waals surface area contributed by atoms with Crippen LogP contribution in [0, 0.1) is 19.3 Å². The summed E-state index contributed by atoms with van der Waals surface area (Å²) in [4.78, 5) is 18.2. The Labute approximate surface area is 163 Å². The van der Waals surface area contributed by atoms with Crippen molar-refractivity contribution in [2.24, 2.45) is 4.99 Å². The number of thiophene rings is 1. The number of halogens is 1. The summed E-state index contributed by atoms with van der Waals surface area (Å²) in [5.74, 6) is 2.31. The van der Waals surface area contributed by atoms with Crippen molar-refractivity contribution in [1.29, 1.82) is 0 Å². The standard InChI is InChI=1S/C20H13ClN2OS2/c1-3-11-23-17-12(2)7-6-10-15(17)26-20(23)22-19(24)18-16(21)13-8-4-5-9-14(13)25-18/h1,4-10H,11H2,2H3. The Morgan fingerprint density at radius 3 is 2.73 bits per heavy atom. The molecule has 0 aliphatic rings. The molecule has 6 heteroatoms. The van der Waals surface area contributed by atoms with Gasteiger partial charge in [-0.25, -0.2) is 0 Å². The van der Waals surface area contributed by atoms with Gasteiger partial charge in [-0.15, -0.1) is 17.8 Å². The molecular formula is C20H13ClN2OS2. The molecular weight excluding hydrogens is 384 g/mol. The van der Waals surface area contributed by atoms with Gasteiger partial charge in [0.1, 0.15) is 4.88 Å². The fraction of sp³-hybridized carbons (Fsp3) is 0.100. The van der Waals surface area contributed by atoms with E-state index in [1.807, 2.05) is 54.0 Å². The zero-order valence-electron chi connectivity index (χ0n) is 13.8. The van der Waals surface area contributed by atoms with Crippen molar-refractivity contribution in [2.45, 2.75) is 13.5 Å². The highest BCUT2D eigenvalue weighted by Crippen LogP contribution is 2.35. The molecule has 2 aromatic carbocycles. The number of thiazole rings is 1. The Hall–Kier alpha value is -2.39. The molecule has 0 unspecified atom stereocenters. The number of carbonyl (C=O) groups excluding carboxylic acids is 1. The highest BCUT2D eigenvalue weighted by atomic mass is 35.5. The van der Waals surface area contributed by atoms with Crippen LogP contribution in [-0.2, 0) is 6.54 Å². The minimum absolute atomic E-state index is 0.341. The lowest BCUT2D eigenvalue weighted by Gasteiger charge is -2.02. The Morgan fingerprint density at radius 1 is 1.19 bits per heavy atom. The molecule has 1 amide bonds. The van der Waals surface area contributed by atoms with Gasteiger partial charge in [0.2, 0.25) is 0 Å². The van der Waals surface area contributed by atoms with Gasteiger partial charge in [0.25, 0.3) is 5.91 Å². The molecule has 0 aliphatic heterocycles. The van der Waals surface area contributed by atoms with Crippen LogP contribution in [0.2, 0.25) is 5.02 Å². The monoisotopic (exact) mass is 396 g/mol. The van der Waals surface area contributed by atoms with Gasteiger partial charge >= 0.3 is 0 Å². The number of aromatic nitrogens is 1. The van der Waals surface area contributed by atoms with Gasteiger partial charge < -0.3 is 4.57 Å². The van der Waals surface area contributed by atoms with Gasteiger partial charge in [0.15, 0.2) is 4.80 Å². The first-order chi connectivity index (χ1) is 12.6. The molecule has 0 N–H and O–H groups in total. The van der Waals surface area contributed by atoms with E-state index in [-0.39, 0.29) is 5.91 Å². The van der Waals surface area contributed by atoms with E-state index in [1.165, 1.54) is 22.7 Å². The molecule has 0 saturated heterocycles. The zero-order chi connectivity index (χ0) is 18.3. The second-order valence-electron chi connectivity index (χ2n) is 5.75. The molecule has 2 aromatic heterocycles. The van der Waals surface area contributed by atoms with Gasteiger partial charge in [-0.1, -0.05) is 59.2 Å². The number of benzene rings is 2. The number of carbonyl (C=O) groups is 1. The summed E-state index contributed by atoms with van der Waals surface area (Å²) in [6, 6.07) is 13.7. The summed E-state index contributed by atoms with van der Waals surface area (Å²) in [5.41, 5.74) is 2.12. The Bertz CT molecular complexity index is 1270. The van der Waals surface area contributed by atoms with E-state index >= 15 is 0 Å². The van der Waals surface area contributed by atoms with Crippen molar-refractivity contribution in [3.8, 4) is 12.3 Å². The van der Waals surface area contributed by atoms with Crippen molar-refractivity contribution in [1.82, 2.24) is 4.57 Å². The van der Waals surface area contributed by atoms with Crippen molar-refractivity contribution in [3.05, 3.63) is 62.7 Å². The fourth-order valence-corrected chi connectivity index (χ4v) is 5.42. The summed E-state index contributed by atoms with van der Waals surface area (Å²) in [7, 11) is 0. The quantitative estimate of drug-likeness (QED) is 0.426. The van der Waals surface area contributed by atoms with E-state index < -0.39 is 0 Å². The van der Waals surface area contributed by atoms with Crippen LogP contribution in [0.3, 0.4) is 0 Å². The van der Waals surface area contributed by atoms with Crippen LogP contribution in [0.25, 0.3) is 20.3 Å². The smallest absolute Gasteiger partial charge is 0.291 e. The number of fused-ring (bicyclic) bond motifs is 2. The minimum atomic E-state index is -0.341. The predicted octanol–water partition coefficient (Wildman–Crippen LogP) is 5.25. The lowest BCUT2D eigenvalue weighted by atomic mass is 10.2. The zero-order valence-corrected chi connectivity index (χ0v) is 16.2. The summed E-state index contributed by atoms with van der Waals surface area (Å²) in [6.07, 6.45) is 5.53. The molecule has 0 saturated carbocycles. The minimum Gasteiger partial charge on any atom is -0.304 e. The van der Waals surface area contributed by atoms with Crippen LogP contribution in [-0.4, -0.2) is 10.5 Å². The average molecular weight is 397 g/mol. The Morgan fingerprint density at radius 2 is 1.96 bits per heavy atom. The number of para-hydroxylation sites is 1. The van der Waals surface area contributed by atoms with Gasteiger partial charge in [-0.05, 0) is 24.6 Å². The molecule has 3 nitrogen and oxygen atoms in total. The molecule has 0 atom stereocenters. The van der Waals surface area contributed by atoms with Gasteiger partial charge in [0.05, 0.1) is 21.8 Å². The van der Waals surface area contributed by atoms with E-state index in [4.69, 9.17) is 18.0 Å².